The number of carbonyl (C=O) groups is 1. The lowest BCUT2D eigenvalue weighted by molar-refractivity contribution is -0.920. The number of aryl methyl sites for hydroxylation is 2. The van der Waals surface area contributed by atoms with Crippen LogP contribution in [0.1, 0.15) is 37.3 Å². The first-order valence-corrected chi connectivity index (χ1v) is 7.76. The summed E-state index contributed by atoms with van der Waals surface area (Å²) < 4.78 is 0. The molecule has 4 heteroatoms. The zero-order valence-electron chi connectivity index (χ0n) is 12.6. The van der Waals surface area contributed by atoms with Gasteiger partial charge in [-0.05, 0) is 57.2 Å². The van der Waals surface area contributed by atoms with Gasteiger partial charge in [-0.1, -0.05) is 17.7 Å². The number of likely N-dealkylation sites (tertiary alicyclic amines) is 1. The summed E-state index contributed by atoms with van der Waals surface area (Å²) in [6.07, 6.45) is 3.72. The van der Waals surface area contributed by atoms with Gasteiger partial charge >= 0.3 is 0 Å². The van der Waals surface area contributed by atoms with Crippen LogP contribution in [-0.4, -0.2) is 25.0 Å². The number of hydrogen-bond acceptors (Lipinski definition) is 1. The minimum atomic E-state index is 0.0580. The Balaban J connectivity index is 2.01. The van der Waals surface area contributed by atoms with E-state index in [0.717, 1.165) is 23.4 Å². The first-order valence-electron chi connectivity index (χ1n) is 7.38. The molecular formula is C16H24ClN2O+. The predicted octanol–water partition coefficient (Wildman–Crippen LogP) is 2.35. The van der Waals surface area contributed by atoms with Crippen molar-refractivity contribution in [3.63, 3.8) is 0 Å². The van der Waals surface area contributed by atoms with Gasteiger partial charge in [0.25, 0.3) is 5.91 Å². The van der Waals surface area contributed by atoms with E-state index in [-0.39, 0.29) is 5.91 Å². The van der Waals surface area contributed by atoms with Crippen LogP contribution >= 0.6 is 11.6 Å². The number of halogens is 1. The largest absolute Gasteiger partial charge is 0.325 e. The van der Waals surface area contributed by atoms with E-state index in [1.165, 1.54) is 24.2 Å². The lowest BCUT2D eigenvalue weighted by Crippen LogP contribution is -3.17. The third-order valence-corrected chi connectivity index (χ3v) is 4.46. The molecule has 0 spiro atoms. The maximum Gasteiger partial charge on any atom is 0.279 e. The molecule has 1 aliphatic heterocycles. The van der Waals surface area contributed by atoms with Gasteiger partial charge in [0, 0.05) is 0 Å². The van der Waals surface area contributed by atoms with Crippen molar-refractivity contribution < 1.29 is 9.69 Å². The standard InChI is InChI=1S/C16H23ClN2O/c1-11-8-12(2)16(14(17)9-11)18-15(20)10-19-7-5-4-6-13(19)3/h8-9,13H,4-7,10H2,1-3H3,(H,18,20)/p+1/t13-/m0/s1. The van der Waals surface area contributed by atoms with E-state index in [1.54, 1.807) is 0 Å². The molecule has 1 aliphatic rings. The van der Waals surface area contributed by atoms with E-state index < -0.39 is 0 Å². The normalized spacial score (nSPS) is 22.6. The Hall–Kier alpha value is -1.06. The maximum atomic E-state index is 12.2. The van der Waals surface area contributed by atoms with Crippen molar-refractivity contribution in [3.05, 3.63) is 28.3 Å². The van der Waals surface area contributed by atoms with Gasteiger partial charge in [0.1, 0.15) is 0 Å². The highest BCUT2D eigenvalue weighted by atomic mass is 35.5. The molecule has 0 radical (unpaired) electrons. The zero-order chi connectivity index (χ0) is 14.7. The van der Waals surface area contributed by atoms with E-state index in [9.17, 15) is 4.79 Å². The highest BCUT2D eigenvalue weighted by molar-refractivity contribution is 6.34. The number of quaternary nitrogens is 1. The fraction of sp³-hybridized carbons (Fsp3) is 0.562. The Kier molecular flexibility index (Phi) is 5.06. The number of benzene rings is 1. The second-order valence-electron chi connectivity index (χ2n) is 5.97. The molecule has 1 amide bonds. The number of anilines is 1. The SMILES string of the molecule is Cc1cc(C)c(NC(=O)C[NH+]2CCCC[C@@H]2C)c(Cl)c1. The minimum Gasteiger partial charge on any atom is -0.325 e. The molecule has 1 aromatic rings. The van der Waals surface area contributed by atoms with Crippen LogP contribution in [0.25, 0.3) is 0 Å². The molecule has 1 saturated heterocycles. The number of nitrogens with one attached hydrogen (secondary N) is 2. The molecule has 0 aliphatic carbocycles. The zero-order valence-corrected chi connectivity index (χ0v) is 13.3. The molecule has 1 fully saturated rings. The van der Waals surface area contributed by atoms with Crippen molar-refractivity contribution >= 4 is 23.2 Å². The molecule has 0 bridgehead atoms. The van der Waals surface area contributed by atoms with Gasteiger partial charge in [0.2, 0.25) is 0 Å². The van der Waals surface area contributed by atoms with E-state index in [4.69, 9.17) is 11.6 Å². The smallest absolute Gasteiger partial charge is 0.279 e. The number of hydrogen-bond donors (Lipinski definition) is 2. The number of rotatable bonds is 3. The van der Waals surface area contributed by atoms with Crippen LogP contribution in [0.2, 0.25) is 5.02 Å². The fourth-order valence-electron chi connectivity index (χ4n) is 2.98. The van der Waals surface area contributed by atoms with Crippen molar-refractivity contribution in [1.29, 1.82) is 0 Å². The topological polar surface area (TPSA) is 33.5 Å². The molecule has 2 rings (SSSR count). The number of carbonyl (C=O) groups excluding carboxylic acids is 1. The van der Waals surface area contributed by atoms with Crippen molar-refractivity contribution in [3.8, 4) is 0 Å². The van der Waals surface area contributed by atoms with Gasteiger partial charge in [-0.15, -0.1) is 0 Å². The first kappa shape index (κ1) is 15.3. The highest BCUT2D eigenvalue weighted by Gasteiger charge is 2.24. The summed E-state index contributed by atoms with van der Waals surface area (Å²) in [6.45, 7) is 7.83. The Bertz CT molecular complexity index is 478. The monoisotopic (exact) mass is 295 g/mol. The third-order valence-electron chi connectivity index (χ3n) is 4.17. The third kappa shape index (κ3) is 3.74. The first-order chi connectivity index (χ1) is 9.47. The van der Waals surface area contributed by atoms with Crippen molar-refractivity contribution in [1.82, 2.24) is 0 Å². The van der Waals surface area contributed by atoms with Crippen LogP contribution in [0.4, 0.5) is 5.69 Å². The van der Waals surface area contributed by atoms with Crippen molar-refractivity contribution in [2.24, 2.45) is 0 Å². The summed E-state index contributed by atoms with van der Waals surface area (Å²) in [5, 5.41) is 3.60. The van der Waals surface area contributed by atoms with Crippen LogP contribution < -0.4 is 10.2 Å². The highest BCUT2D eigenvalue weighted by Crippen LogP contribution is 2.27. The Morgan fingerprint density at radius 2 is 2.15 bits per heavy atom. The Morgan fingerprint density at radius 1 is 1.40 bits per heavy atom. The maximum absolute atomic E-state index is 12.2. The Morgan fingerprint density at radius 3 is 2.80 bits per heavy atom. The van der Waals surface area contributed by atoms with Crippen LogP contribution in [0.3, 0.4) is 0 Å². The molecule has 2 atom stereocenters. The van der Waals surface area contributed by atoms with Crippen LogP contribution in [0.5, 0.6) is 0 Å². The Labute approximate surface area is 126 Å². The van der Waals surface area contributed by atoms with E-state index in [1.807, 2.05) is 26.0 Å². The summed E-state index contributed by atoms with van der Waals surface area (Å²) in [4.78, 5) is 13.6. The van der Waals surface area contributed by atoms with Crippen LogP contribution in [-0.2, 0) is 4.79 Å². The van der Waals surface area contributed by atoms with Gasteiger partial charge < -0.3 is 10.2 Å². The average Bonchev–Trinajstić information content (AvgIpc) is 2.36. The summed E-state index contributed by atoms with van der Waals surface area (Å²) in [5.74, 6) is 0.0580. The second-order valence-corrected chi connectivity index (χ2v) is 6.38. The van der Waals surface area contributed by atoms with Crippen molar-refractivity contribution in [2.45, 2.75) is 46.1 Å². The molecule has 0 aromatic heterocycles. The molecule has 0 saturated carbocycles. The van der Waals surface area contributed by atoms with Gasteiger partial charge in [-0.25, -0.2) is 0 Å². The van der Waals surface area contributed by atoms with E-state index in [2.05, 4.69) is 12.2 Å². The summed E-state index contributed by atoms with van der Waals surface area (Å²) >= 11 is 6.23. The summed E-state index contributed by atoms with van der Waals surface area (Å²) in [5.41, 5.74) is 2.89. The lowest BCUT2D eigenvalue weighted by atomic mass is 10.0. The molecule has 2 N–H and O–H groups in total. The minimum absolute atomic E-state index is 0.0580. The average molecular weight is 296 g/mol. The van der Waals surface area contributed by atoms with Crippen molar-refractivity contribution in [2.75, 3.05) is 18.4 Å². The summed E-state index contributed by atoms with van der Waals surface area (Å²) in [6, 6.07) is 4.50. The van der Waals surface area contributed by atoms with Gasteiger partial charge in [-0.3, -0.25) is 4.79 Å². The van der Waals surface area contributed by atoms with Gasteiger partial charge in [0.05, 0.1) is 23.3 Å². The summed E-state index contributed by atoms with van der Waals surface area (Å²) in [7, 11) is 0. The number of piperidine rings is 1. The van der Waals surface area contributed by atoms with E-state index in [0.29, 0.717) is 17.6 Å². The molecule has 1 aromatic carbocycles. The molecule has 3 nitrogen and oxygen atoms in total. The van der Waals surface area contributed by atoms with Crippen LogP contribution in [0.15, 0.2) is 12.1 Å². The van der Waals surface area contributed by atoms with Gasteiger partial charge in [-0.2, -0.15) is 0 Å². The molecular weight excluding hydrogens is 272 g/mol. The second kappa shape index (κ2) is 6.59. The molecule has 1 unspecified atom stereocenters. The quantitative estimate of drug-likeness (QED) is 0.882. The fourth-order valence-corrected chi connectivity index (χ4v) is 3.35. The van der Waals surface area contributed by atoms with Gasteiger partial charge in [0.15, 0.2) is 6.54 Å². The molecule has 20 heavy (non-hydrogen) atoms. The lowest BCUT2D eigenvalue weighted by Gasteiger charge is -2.29. The van der Waals surface area contributed by atoms with Crippen LogP contribution in [0, 0.1) is 13.8 Å². The molecule has 1 heterocycles. The van der Waals surface area contributed by atoms with E-state index >= 15 is 0 Å². The molecule has 110 valence electrons. The predicted molar refractivity (Wildman–Crippen MR) is 83.6 cm³/mol. The number of amides is 1.